The van der Waals surface area contributed by atoms with Gasteiger partial charge in [0.2, 0.25) is 5.91 Å². The van der Waals surface area contributed by atoms with Gasteiger partial charge in [0.15, 0.2) is 0 Å². The summed E-state index contributed by atoms with van der Waals surface area (Å²) in [6.45, 7) is 2.00. The summed E-state index contributed by atoms with van der Waals surface area (Å²) in [6.07, 6.45) is 3.10. The van der Waals surface area contributed by atoms with E-state index in [1.165, 1.54) is 0 Å². The highest BCUT2D eigenvalue weighted by Crippen LogP contribution is 2.30. The number of hydrogen-bond donors (Lipinski definition) is 3. The van der Waals surface area contributed by atoms with Crippen molar-refractivity contribution in [3.63, 3.8) is 0 Å². The van der Waals surface area contributed by atoms with Gasteiger partial charge in [0.05, 0.1) is 5.92 Å². The van der Waals surface area contributed by atoms with Crippen LogP contribution >= 0.6 is 0 Å². The minimum atomic E-state index is -0.905. The summed E-state index contributed by atoms with van der Waals surface area (Å²) in [4.78, 5) is 35.0. The fourth-order valence-electron chi connectivity index (χ4n) is 2.31. The normalized spacial score (nSPS) is 14.8. The van der Waals surface area contributed by atoms with Crippen molar-refractivity contribution >= 4 is 23.5 Å². The number of aliphatic carboxylic acids is 1. The molecule has 124 valence electrons. The van der Waals surface area contributed by atoms with Crippen LogP contribution < -0.4 is 10.6 Å². The molecular weight excluding hydrogens is 296 g/mol. The second-order valence-corrected chi connectivity index (χ2v) is 5.88. The Bertz CT molecular complexity index is 596. The molecule has 6 heteroatoms. The second kappa shape index (κ2) is 7.76. The van der Waals surface area contributed by atoms with Crippen LogP contribution in [0.5, 0.6) is 0 Å². The number of carbonyl (C=O) groups is 3. The van der Waals surface area contributed by atoms with Gasteiger partial charge in [-0.25, -0.2) is 0 Å². The lowest BCUT2D eigenvalue weighted by Gasteiger charge is -2.13. The molecule has 0 radical (unpaired) electrons. The predicted molar refractivity (Wildman–Crippen MR) is 86.2 cm³/mol. The molecule has 2 amide bonds. The number of amides is 2. The molecule has 0 bridgehead atoms. The summed E-state index contributed by atoms with van der Waals surface area (Å²) >= 11 is 0. The Morgan fingerprint density at radius 2 is 2.04 bits per heavy atom. The average Bonchev–Trinajstić information content (AvgIpc) is 3.36. The maximum atomic E-state index is 12.1. The largest absolute Gasteiger partial charge is 0.481 e. The van der Waals surface area contributed by atoms with Gasteiger partial charge in [0.1, 0.15) is 0 Å². The summed E-state index contributed by atoms with van der Waals surface area (Å²) in [7, 11) is 0. The Kier molecular flexibility index (Phi) is 5.73. The molecule has 1 aromatic rings. The van der Waals surface area contributed by atoms with Gasteiger partial charge in [-0.15, -0.1) is 0 Å². The van der Waals surface area contributed by atoms with Crippen LogP contribution in [-0.4, -0.2) is 29.4 Å². The zero-order chi connectivity index (χ0) is 16.8. The molecule has 1 aliphatic carbocycles. The Morgan fingerprint density at radius 3 is 2.65 bits per heavy atom. The Hall–Kier alpha value is -2.37. The van der Waals surface area contributed by atoms with Crippen LogP contribution in [0.25, 0.3) is 0 Å². The van der Waals surface area contributed by atoms with Crippen LogP contribution in [-0.2, 0) is 9.59 Å². The molecule has 1 aromatic carbocycles. The van der Waals surface area contributed by atoms with Crippen LogP contribution in [0.15, 0.2) is 24.3 Å². The first-order valence-corrected chi connectivity index (χ1v) is 7.93. The average molecular weight is 318 g/mol. The van der Waals surface area contributed by atoms with E-state index in [1.54, 1.807) is 24.3 Å². The van der Waals surface area contributed by atoms with E-state index >= 15 is 0 Å². The van der Waals surface area contributed by atoms with Gasteiger partial charge in [0, 0.05) is 23.7 Å². The van der Waals surface area contributed by atoms with E-state index in [2.05, 4.69) is 10.6 Å². The number of carboxylic acids is 1. The molecule has 1 saturated carbocycles. The van der Waals surface area contributed by atoms with E-state index in [-0.39, 0.29) is 24.3 Å². The molecule has 23 heavy (non-hydrogen) atoms. The monoisotopic (exact) mass is 318 g/mol. The van der Waals surface area contributed by atoms with Gasteiger partial charge in [-0.1, -0.05) is 19.4 Å². The fraction of sp³-hybridized carbons (Fsp3) is 0.471. The first-order valence-electron chi connectivity index (χ1n) is 7.93. The van der Waals surface area contributed by atoms with Gasteiger partial charge in [-0.3, -0.25) is 14.4 Å². The van der Waals surface area contributed by atoms with E-state index in [9.17, 15) is 14.4 Å². The minimum Gasteiger partial charge on any atom is -0.481 e. The van der Waals surface area contributed by atoms with Crippen molar-refractivity contribution in [1.82, 2.24) is 5.32 Å². The Labute approximate surface area is 135 Å². The maximum Gasteiger partial charge on any atom is 0.308 e. The van der Waals surface area contributed by atoms with Gasteiger partial charge in [0.25, 0.3) is 5.91 Å². The minimum absolute atomic E-state index is 0.0172. The van der Waals surface area contributed by atoms with Crippen molar-refractivity contribution in [3.05, 3.63) is 29.8 Å². The van der Waals surface area contributed by atoms with Gasteiger partial charge < -0.3 is 15.7 Å². The molecule has 2 rings (SSSR count). The predicted octanol–water partition coefficient (Wildman–Crippen LogP) is 2.27. The van der Waals surface area contributed by atoms with E-state index < -0.39 is 11.9 Å². The van der Waals surface area contributed by atoms with Crippen molar-refractivity contribution in [3.8, 4) is 0 Å². The lowest BCUT2D eigenvalue weighted by Crippen LogP contribution is -2.33. The molecule has 1 unspecified atom stereocenters. The quantitative estimate of drug-likeness (QED) is 0.685. The summed E-state index contributed by atoms with van der Waals surface area (Å²) in [5.41, 5.74) is 0.983. The van der Waals surface area contributed by atoms with Crippen molar-refractivity contribution in [1.29, 1.82) is 0 Å². The molecule has 0 heterocycles. The Balaban J connectivity index is 1.93. The molecule has 0 spiro atoms. The molecule has 1 atom stereocenters. The van der Waals surface area contributed by atoms with Crippen LogP contribution in [0.4, 0.5) is 5.69 Å². The van der Waals surface area contributed by atoms with Gasteiger partial charge in [-0.2, -0.15) is 0 Å². The van der Waals surface area contributed by atoms with Crippen LogP contribution in [0.1, 0.15) is 43.0 Å². The number of carbonyl (C=O) groups excluding carboxylic acids is 2. The summed E-state index contributed by atoms with van der Waals surface area (Å²) < 4.78 is 0. The first kappa shape index (κ1) is 17.0. The topological polar surface area (TPSA) is 95.5 Å². The molecule has 1 fully saturated rings. The van der Waals surface area contributed by atoms with Gasteiger partial charge >= 0.3 is 5.97 Å². The van der Waals surface area contributed by atoms with E-state index in [0.717, 1.165) is 19.3 Å². The zero-order valence-electron chi connectivity index (χ0n) is 13.2. The third kappa shape index (κ3) is 5.09. The van der Waals surface area contributed by atoms with Gasteiger partial charge in [-0.05, 0) is 37.5 Å². The smallest absolute Gasteiger partial charge is 0.308 e. The summed E-state index contributed by atoms with van der Waals surface area (Å²) in [6, 6.07) is 6.66. The Morgan fingerprint density at radius 1 is 1.30 bits per heavy atom. The molecule has 0 saturated heterocycles. The number of nitrogens with one attached hydrogen (secondary N) is 2. The first-order chi connectivity index (χ1) is 11.0. The maximum absolute atomic E-state index is 12.1. The van der Waals surface area contributed by atoms with Crippen LogP contribution in [0.2, 0.25) is 0 Å². The second-order valence-electron chi connectivity index (χ2n) is 5.88. The van der Waals surface area contributed by atoms with Crippen molar-refractivity contribution in [2.24, 2.45) is 11.8 Å². The number of carboxylic acid groups (broad SMARTS) is 1. The number of rotatable bonds is 8. The fourth-order valence-corrected chi connectivity index (χ4v) is 2.31. The lowest BCUT2D eigenvalue weighted by atomic mass is 10.0. The van der Waals surface area contributed by atoms with E-state index in [1.807, 2.05) is 6.92 Å². The van der Waals surface area contributed by atoms with Crippen LogP contribution in [0.3, 0.4) is 0 Å². The molecule has 3 N–H and O–H groups in total. The van der Waals surface area contributed by atoms with Crippen molar-refractivity contribution in [2.75, 3.05) is 11.9 Å². The third-order valence-corrected chi connectivity index (χ3v) is 3.84. The highest BCUT2D eigenvalue weighted by atomic mass is 16.4. The van der Waals surface area contributed by atoms with Crippen molar-refractivity contribution in [2.45, 2.75) is 32.6 Å². The lowest BCUT2D eigenvalue weighted by molar-refractivity contribution is -0.141. The molecule has 6 nitrogen and oxygen atoms in total. The van der Waals surface area contributed by atoms with E-state index in [0.29, 0.717) is 17.7 Å². The SMILES string of the molecule is CCCC(CNC(=O)c1cccc(NC(=O)C2CC2)c1)C(=O)O. The number of anilines is 1. The van der Waals surface area contributed by atoms with Crippen molar-refractivity contribution < 1.29 is 19.5 Å². The third-order valence-electron chi connectivity index (χ3n) is 3.84. The molecule has 0 aromatic heterocycles. The molecular formula is C17H22N2O4. The molecule has 0 aliphatic heterocycles. The molecule has 1 aliphatic rings. The van der Waals surface area contributed by atoms with Crippen LogP contribution in [0, 0.1) is 11.8 Å². The number of hydrogen-bond acceptors (Lipinski definition) is 3. The zero-order valence-corrected chi connectivity index (χ0v) is 13.2. The highest BCUT2D eigenvalue weighted by molar-refractivity contribution is 5.98. The van der Waals surface area contributed by atoms with E-state index in [4.69, 9.17) is 5.11 Å². The summed E-state index contributed by atoms with van der Waals surface area (Å²) in [5, 5.41) is 14.5. The highest BCUT2D eigenvalue weighted by Gasteiger charge is 2.29. The standard InChI is InChI=1S/C17H22N2O4/c1-2-4-13(17(22)23)10-18-15(20)12-5-3-6-14(9-12)19-16(21)11-7-8-11/h3,5-6,9,11,13H,2,4,7-8,10H2,1H3,(H,18,20)(H,19,21)(H,22,23). The number of benzene rings is 1. The summed E-state index contributed by atoms with van der Waals surface area (Å²) in [5.74, 6) is -1.75.